The van der Waals surface area contributed by atoms with Crippen molar-refractivity contribution >= 4 is 178 Å². The summed E-state index contributed by atoms with van der Waals surface area (Å²) >= 11 is 0. The molecule has 0 aromatic carbocycles. The van der Waals surface area contributed by atoms with Gasteiger partial charge in [0, 0.05) is 27.2 Å². The Morgan fingerprint density at radius 3 is 0.698 bits per heavy atom. The van der Waals surface area contributed by atoms with Gasteiger partial charge < -0.3 is 28.7 Å². The average molecular weight is 2050 g/mol. The van der Waals surface area contributed by atoms with Gasteiger partial charge in [-0.2, -0.15) is 135 Å². The zero-order chi connectivity index (χ0) is 91.1. The molecule has 2 fully saturated rings. The molecule has 0 saturated carbocycles. The van der Waals surface area contributed by atoms with Crippen molar-refractivity contribution in [1.82, 2.24) is 9.80 Å². The van der Waals surface area contributed by atoms with Gasteiger partial charge in [-0.1, -0.05) is 0 Å². The molecular weight excluding hydrogens is 2000 g/mol. The quantitative estimate of drug-likeness (QED) is 0.0252. The van der Waals surface area contributed by atoms with Crippen molar-refractivity contribution in [1.29, 1.82) is 0 Å². The average Bonchev–Trinajstić information content (AvgIpc) is 0.765. The number of rotatable bonds is 51. The maximum Gasteiger partial charge on any atom is 0.398 e. The van der Waals surface area contributed by atoms with Crippen LogP contribution in [0.15, 0.2) is 0 Å². The van der Waals surface area contributed by atoms with E-state index in [1.807, 2.05) is 0 Å². The van der Waals surface area contributed by atoms with Crippen LogP contribution in [0.2, 0.25) is 0 Å². The van der Waals surface area contributed by atoms with Crippen molar-refractivity contribution < 1.29 is 303 Å². The monoisotopic (exact) mass is 2050 g/mol. The summed E-state index contributed by atoms with van der Waals surface area (Å²) in [5.41, 5.74) is 0. The molecule has 2 amide bonds. The molecule has 116 heavy (non-hydrogen) atoms. The third kappa shape index (κ3) is 44.2. The van der Waals surface area contributed by atoms with Crippen molar-refractivity contribution in [2.75, 3.05) is 53.6 Å². The van der Waals surface area contributed by atoms with Crippen molar-refractivity contribution in [3.05, 3.63) is 0 Å². The van der Waals surface area contributed by atoms with Crippen LogP contribution < -0.4 is 0 Å². The van der Waals surface area contributed by atoms with Crippen LogP contribution in [-0.2, 0) is 262 Å². The maximum atomic E-state index is 14.7. The summed E-state index contributed by atoms with van der Waals surface area (Å²) in [7, 11) is -106. The Balaban J connectivity index is 3.44. The number of carbonyl (C=O) groups excluding carboxylic acids is 2. The molecule has 2 saturated heterocycles. The largest absolute Gasteiger partial charge is 0.398 e. The zero-order valence-corrected chi connectivity index (χ0v) is 67.3. The highest BCUT2D eigenvalue weighted by Gasteiger charge is 2.60. The highest BCUT2D eigenvalue weighted by molar-refractivity contribution is 7.84. The van der Waals surface area contributed by atoms with E-state index in [-0.39, 0.29) is 14.1 Å². The van der Waals surface area contributed by atoms with Gasteiger partial charge in [0.1, 0.15) is 73.2 Å². The van der Waals surface area contributed by atoms with E-state index in [2.05, 4.69) is 66.9 Å². The second kappa shape index (κ2) is 40.1. The second-order valence-corrected chi connectivity index (χ2v) is 37.5. The van der Waals surface area contributed by atoms with Gasteiger partial charge in [0.15, 0.2) is 37.0 Å². The molecule has 2 heterocycles. The lowest BCUT2D eigenvalue weighted by atomic mass is 9.98. The summed E-state index contributed by atoms with van der Waals surface area (Å²) in [6.45, 7) is -14.1. The highest BCUT2D eigenvalue weighted by Crippen LogP contribution is 2.38. The van der Waals surface area contributed by atoms with Crippen LogP contribution in [0, 0.1) is 0 Å². The molecule has 2 aliphatic rings. The minimum atomic E-state index is -7.05. The van der Waals surface area contributed by atoms with Crippen LogP contribution in [0.1, 0.15) is 0 Å². The second-order valence-electron chi connectivity index (χ2n) is 20.6. The van der Waals surface area contributed by atoms with E-state index in [4.69, 9.17) is 18.9 Å². The molecule has 72 nitrogen and oxygen atoms in total. The summed E-state index contributed by atoms with van der Waals surface area (Å²) in [4.78, 5) is 28.5. The molecule has 0 bridgehead atoms. The van der Waals surface area contributed by atoms with Gasteiger partial charge in [0.05, 0.1) is 26.4 Å². The maximum absolute atomic E-state index is 14.7. The van der Waals surface area contributed by atoms with Gasteiger partial charge in [0.25, 0.3) is 11.8 Å². The first kappa shape index (κ1) is 109. The Morgan fingerprint density at radius 1 is 0.276 bits per heavy atom. The summed E-state index contributed by atoms with van der Waals surface area (Å²) < 4.78 is 633. The van der Waals surface area contributed by atoms with E-state index in [0.717, 1.165) is 0 Å². The fraction of sp³-hybridized carbons (Fsp3) is 0.929. The summed E-state index contributed by atoms with van der Waals surface area (Å²) in [5.74, 6) is -5.66. The highest BCUT2D eigenvalue weighted by atomic mass is 32.3. The van der Waals surface area contributed by atoms with E-state index >= 15 is 0 Å². The van der Waals surface area contributed by atoms with Crippen molar-refractivity contribution in [2.24, 2.45) is 0 Å². The van der Waals surface area contributed by atoms with Gasteiger partial charge in [-0.25, -0.2) is 66.9 Å². The van der Waals surface area contributed by atoms with Crippen molar-refractivity contribution in [3.8, 4) is 0 Å². The van der Waals surface area contributed by atoms with E-state index in [0.29, 0.717) is 0 Å². The zero-order valence-electron chi connectivity index (χ0n) is 54.3. The van der Waals surface area contributed by atoms with Crippen LogP contribution in [0.25, 0.3) is 0 Å². The molecule has 2 rings (SSSR count). The van der Waals surface area contributed by atoms with E-state index in [9.17, 15) is 217 Å². The molecule has 18 atom stereocenters. The molecule has 0 radical (unpaired) electrons. The fourth-order valence-corrected chi connectivity index (χ4v) is 15.7. The normalized spacial score (nSPS) is 24.2. The Kier molecular flexibility index (Phi) is 37.6. The Morgan fingerprint density at radius 2 is 0.491 bits per heavy atom. The summed E-state index contributed by atoms with van der Waals surface area (Å²) in [6.07, 6.45) is -72.3. The van der Waals surface area contributed by atoms with Gasteiger partial charge in [-0.15, -0.1) is 0 Å². The molecule has 690 valence electrons. The van der Waals surface area contributed by atoms with E-state index in [1.165, 1.54) is 0 Å². The molecule has 0 aromatic heterocycles. The topological polar surface area (TPSA) is 1100 Å². The predicted octanol–water partition coefficient (Wildman–Crippen LogP) is -14.3. The minimum absolute atomic E-state index is 0.0303. The van der Waals surface area contributed by atoms with Gasteiger partial charge in [-0.3, -0.25) is 82.4 Å². The summed E-state index contributed by atoms with van der Waals surface area (Å²) in [6, 6.07) is 0. The SMILES string of the molecule is CN(CCN(C)C(=O)C(OS(=O)(=O)O)C(OS(=O)(=O)O)C(OC1OC(COS(=O)(=O)O)C(OS(=O)(=O)O)C(OS(=O)(=O)O)C1OS(=O)(=O)O)C(COS(=O)(=O)O)OS(=O)(=O)O)C(=O)C(OS(=O)(=O)O)C(OS(=O)(=O)O)C(OC1OC(COS(=O)(=O)O)C(OS(=O)(=O)O)C(OS(=O)(=O)O)C1OS(=O)(=O)O)C(COS(=O)(=O)O)OS(=O)(=O)O. The first-order valence-electron chi connectivity index (χ1n) is 26.5. The Bertz CT molecular complexity index is 5080. The number of nitrogens with zero attached hydrogens (tertiary/aromatic N) is 2. The minimum Gasteiger partial charge on any atom is -0.342 e. The number of hydrogen-bond acceptors (Lipinski definition) is 54. The van der Waals surface area contributed by atoms with Crippen molar-refractivity contribution in [3.63, 3.8) is 0 Å². The number of likely N-dealkylation sites (N-methyl/N-ethyl adjacent to an activating group) is 2. The van der Waals surface area contributed by atoms with Gasteiger partial charge in [0.2, 0.25) is 0 Å². The molecule has 0 spiro atoms. The van der Waals surface area contributed by atoms with Crippen LogP contribution in [-0.4, -0.2) is 393 Å². The standard InChI is InChI=1S/C28H52N2O70S16/c1-29(25(31)21(97-113(69,70)71)17(93-109(57,58)59)13(11(89-105(45,46)47)7-83-103(39,40)41)87-27-23(99-115(75,76)77)19(95-111(63,64)65)15(91-107(51,52)53)9(85-27)5-81-101(33,34)35)3-4-30(2)26(32)22(98-114(72,73)74)18(94-110(60,61)62)14(12(90-106(48,49)50)8-84-104(42,43)44)88-28-24(100-116(78,79)80)20(96-112(66,67)68)16(92-108(54,55)56)10(86-28)6-82-102(36,37)38/h9-24,27-28H,3-8H2,1-2H3,(H,33,34,35)(H,36,37,38)(H,39,40,41)(H,42,43,44)(H,45,46,47)(H,48,49,50)(H,51,52,53)(H,54,55,56)(H,57,58,59)(H,60,61,62)(H,63,64,65)(H,66,67,68)(H,69,70,71)(H,72,73,74)(H,75,76,77)(H,78,79,80). The third-order valence-corrected chi connectivity index (χ3v) is 19.4. The van der Waals surface area contributed by atoms with Gasteiger partial charge >= 0.3 is 166 Å². The first-order valence-corrected chi connectivity index (χ1v) is 48.4. The van der Waals surface area contributed by atoms with Gasteiger partial charge in [-0.05, 0) is 0 Å². The fourth-order valence-electron chi connectivity index (χ4n) is 8.61. The lowest BCUT2D eigenvalue weighted by molar-refractivity contribution is -0.312. The van der Waals surface area contributed by atoms with Crippen LogP contribution >= 0.6 is 0 Å². The molecule has 88 heteroatoms. The van der Waals surface area contributed by atoms with Crippen molar-refractivity contribution in [2.45, 2.75) is 110 Å². The Labute approximate surface area is 650 Å². The van der Waals surface area contributed by atoms with Crippen LogP contribution in [0.3, 0.4) is 0 Å². The number of hydrogen-bond donors (Lipinski definition) is 16. The molecular formula is C28H52N2O70S16. The number of carbonyl (C=O) groups is 2. The van der Waals surface area contributed by atoms with Crippen LogP contribution in [0.4, 0.5) is 0 Å². The third-order valence-electron chi connectivity index (χ3n) is 12.1. The lowest BCUT2D eigenvalue weighted by Crippen LogP contribution is -2.65. The smallest absolute Gasteiger partial charge is 0.342 e. The number of ether oxygens (including phenoxy) is 4. The summed E-state index contributed by atoms with van der Waals surface area (Å²) in [5, 5.41) is 0. The molecule has 18 unspecified atom stereocenters. The predicted molar refractivity (Wildman–Crippen MR) is 329 cm³/mol. The Hall–Kier alpha value is -3.30. The molecule has 0 aliphatic carbocycles. The van der Waals surface area contributed by atoms with E-state index in [1.54, 1.807) is 0 Å². The van der Waals surface area contributed by atoms with E-state index < -0.39 is 338 Å². The lowest BCUT2D eigenvalue weighted by Gasteiger charge is -2.45. The molecule has 16 N–H and O–H groups in total. The number of amides is 2. The van der Waals surface area contributed by atoms with Crippen LogP contribution in [0.5, 0.6) is 0 Å². The molecule has 2 aliphatic heterocycles. The molecule has 0 aromatic rings. The first-order chi connectivity index (χ1) is 51.1.